The number of halogens is 2. The number of ether oxygens (including phenoxy) is 1. The Balaban J connectivity index is 1.48. The largest absolute Gasteiger partial charge is 0.497 e. The van der Waals surface area contributed by atoms with Crippen molar-refractivity contribution in [2.45, 2.75) is 30.0 Å². The highest BCUT2D eigenvalue weighted by Crippen LogP contribution is 2.37. The van der Waals surface area contributed by atoms with Crippen LogP contribution in [0, 0.1) is 11.6 Å². The van der Waals surface area contributed by atoms with Gasteiger partial charge in [0.15, 0.2) is 0 Å². The maximum atomic E-state index is 14.9. The Hall–Kier alpha value is -4.36. The number of rotatable bonds is 9. The molecule has 0 aliphatic rings. The topological polar surface area (TPSA) is 124 Å². The molecule has 3 aromatic carbocycles. The molecule has 0 fully saturated rings. The van der Waals surface area contributed by atoms with Crippen LogP contribution >= 0.6 is 0 Å². The molecular weight excluding hydrogens is 530 g/mol. The molecular formula is C26H24F2N6O4S. The summed E-state index contributed by atoms with van der Waals surface area (Å²) in [6.45, 7) is 1.44. The highest BCUT2D eigenvalue weighted by atomic mass is 32.2. The molecule has 2 N–H and O–H groups in total. The van der Waals surface area contributed by atoms with E-state index < -0.39 is 33.3 Å². The Morgan fingerprint density at radius 1 is 1.10 bits per heavy atom. The van der Waals surface area contributed by atoms with Crippen LogP contribution in [0.15, 0.2) is 84.4 Å². The first-order valence-corrected chi connectivity index (χ1v) is 13.2. The van der Waals surface area contributed by atoms with Crippen molar-refractivity contribution in [1.29, 1.82) is 0 Å². The number of hydrogen-bond donors (Lipinski definition) is 2. The van der Waals surface area contributed by atoms with Gasteiger partial charge < -0.3 is 9.84 Å². The summed E-state index contributed by atoms with van der Waals surface area (Å²) in [4.78, 5) is 3.94. The lowest BCUT2D eigenvalue weighted by Gasteiger charge is -2.34. The first kappa shape index (κ1) is 26.3. The number of fused-ring (bicyclic) bond motifs is 1. The molecule has 0 radical (unpaired) electrons. The molecule has 0 aliphatic heterocycles. The van der Waals surface area contributed by atoms with E-state index in [-0.39, 0.29) is 17.0 Å². The van der Waals surface area contributed by atoms with E-state index in [1.54, 1.807) is 43.5 Å². The summed E-state index contributed by atoms with van der Waals surface area (Å²) in [6.07, 6.45) is 4.27. The van der Waals surface area contributed by atoms with Crippen LogP contribution in [0.5, 0.6) is 5.75 Å². The normalized spacial score (nSPS) is 14.2. The van der Waals surface area contributed by atoms with Crippen LogP contribution in [0.1, 0.15) is 18.5 Å². The molecule has 0 aliphatic carbocycles. The minimum Gasteiger partial charge on any atom is -0.497 e. The molecule has 0 saturated carbocycles. The summed E-state index contributed by atoms with van der Waals surface area (Å²) in [7, 11) is -2.38. The highest BCUT2D eigenvalue weighted by Gasteiger charge is 2.41. The van der Waals surface area contributed by atoms with E-state index in [1.807, 2.05) is 0 Å². The minimum atomic E-state index is -3.87. The van der Waals surface area contributed by atoms with Crippen molar-refractivity contribution < 1.29 is 27.0 Å². The lowest BCUT2D eigenvalue weighted by Crippen LogP contribution is -2.40. The van der Waals surface area contributed by atoms with Gasteiger partial charge in [-0.15, -0.1) is 0 Å². The van der Waals surface area contributed by atoms with Gasteiger partial charge in [-0.3, -0.25) is 9.40 Å². The number of aliphatic hydroxyl groups is 1. The summed E-state index contributed by atoms with van der Waals surface area (Å²) < 4.78 is 64.7. The quantitative estimate of drug-likeness (QED) is 0.284. The Morgan fingerprint density at radius 3 is 2.54 bits per heavy atom. The molecule has 0 unspecified atom stereocenters. The lowest BCUT2D eigenvalue weighted by molar-refractivity contribution is -0.0366. The number of aromatic nitrogens is 5. The van der Waals surface area contributed by atoms with Crippen LogP contribution in [-0.2, 0) is 22.2 Å². The summed E-state index contributed by atoms with van der Waals surface area (Å²) in [5.74, 6) is -1.17. The van der Waals surface area contributed by atoms with E-state index in [0.717, 1.165) is 6.07 Å². The average Bonchev–Trinajstić information content (AvgIpc) is 3.57. The zero-order chi connectivity index (χ0) is 27.8. The number of methoxy groups -OCH3 is 1. The van der Waals surface area contributed by atoms with Crippen LogP contribution in [-0.4, -0.2) is 45.2 Å². The Morgan fingerprint density at radius 2 is 1.87 bits per heavy atom. The van der Waals surface area contributed by atoms with Gasteiger partial charge in [-0.25, -0.2) is 26.9 Å². The number of nitrogens with zero attached hydrogens (tertiary/aromatic N) is 5. The van der Waals surface area contributed by atoms with Crippen molar-refractivity contribution in [2.75, 3.05) is 11.8 Å². The molecule has 0 spiro atoms. The molecule has 5 aromatic rings. The van der Waals surface area contributed by atoms with Crippen molar-refractivity contribution in [3.05, 3.63) is 96.7 Å². The molecule has 10 nitrogen and oxygen atoms in total. The molecule has 2 aromatic heterocycles. The minimum absolute atomic E-state index is 0.0622. The maximum absolute atomic E-state index is 14.9. The number of sulfonamides is 1. The fourth-order valence-corrected chi connectivity index (χ4v) is 5.39. The van der Waals surface area contributed by atoms with Crippen molar-refractivity contribution >= 4 is 26.6 Å². The van der Waals surface area contributed by atoms with Gasteiger partial charge >= 0.3 is 0 Å². The van der Waals surface area contributed by atoms with Gasteiger partial charge in [0, 0.05) is 28.9 Å². The lowest BCUT2D eigenvalue weighted by atomic mass is 9.86. The SMILES string of the molecule is COc1ccc(S(=O)(=O)Nc2ccc3nn([C@H](C)[C@](O)(Cn4cncn4)c4ccc(F)cc4F)cc3c2)cc1. The van der Waals surface area contributed by atoms with Crippen molar-refractivity contribution in [3.63, 3.8) is 0 Å². The molecule has 39 heavy (non-hydrogen) atoms. The Kier molecular flexibility index (Phi) is 6.78. The fraction of sp³-hybridized carbons (Fsp3) is 0.192. The first-order chi connectivity index (χ1) is 18.6. The summed E-state index contributed by atoms with van der Waals surface area (Å²) in [5, 5.41) is 20.9. The molecule has 202 valence electrons. The van der Waals surface area contributed by atoms with Crippen molar-refractivity contribution in [2.24, 2.45) is 0 Å². The zero-order valence-electron chi connectivity index (χ0n) is 20.9. The van der Waals surface area contributed by atoms with Crippen LogP contribution in [0.25, 0.3) is 10.9 Å². The molecule has 2 heterocycles. The average molecular weight is 555 g/mol. The summed E-state index contributed by atoms with van der Waals surface area (Å²) in [5.41, 5.74) is -1.24. The van der Waals surface area contributed by atoms with Gasteiger partial charge in [-0.05, 0) is 55.5 Å². The van der Waals surface area contributed by atoms with Gasteiger partial charge in [-0.2, -0.15) is 10.2 Å². The predicted molar refractivity (Wildman–Crippen MR) is 139 cm³/mol. The van der Waals surface area contributed by atoms with Gasteiger partial charge in [0.05, 0.1) is 30.1 Å². The van der Waals surface area contributed by atoms with Crippen LogP contribution in [0.3, 0.4) is 0 Å². The number of hydrogen-bond acceptors (Lipinski definition) is 7. The van der Waals surface area contributed by atoms with E-state index in [4.69, 9.17) is 4.74 Å². The van der Waals surface area contributed by atoms with Crippen LogP contribution < -0.4 is 9.46 Å². The molecule has 2 atom stereocenters. The number of nitrogens with one attached hydrogen (secondary N) is 1. The predicted octanol–water partition coefficient (Wildman–Crippen LogP) is 3.86. The smallest absolute Gasteiger partial charge is 0.261 e. The Bertz CT molecular complexity index is 1730. The van der Waals surface area contributed by atoms with E-state index >= 15 is 0 Å². The second kappa shape index (κ2) is 10.1. The Labute approximate surface area is 222 Å². The summed E-state index contributed by atoms with van der Waals surface area (Å²) >= 11 is 0. The van der Waals surface area contributed by atoms with Crippen molar-refractivity contribution in [3.8, 4) is 5.75 Å². The van der Waals surface area contributed by atoms with Gasteiger partial charge in [-0.1, -0.05) is 6.07 Å². The molecule has 0 bridgehead atoms. The summed E-state index contributed by atoms with van der Waals surface area (Å²) in [6, 6.07) is 12.8. The van der Waals surface area contributed by atoms with E-state index in [2.05, 4.69) is 19.9 Å². The third-order valence-electron chi connectivity index (χ3n) is 6.50. The van der Waals surface area contributed by atoms with Crippen LogP contribution in [0.4, 0.5) is 14.5 Å². The third-order valence-corrected chi connectivity index (χ3v) is 7.90. The van der Waals surface area contributed by atoms with Gasteiger partial charge in [0.1, 0.15) is 35.6 Å². The number of benzene rings is 3. The van der Waals surface area contributed by atoms with Gasteiger partial charge in [0.2, 0.25) is 0 Å². The fourth-order valence-electron chi connectivity index (χ4n) is 4.34. The van der Waals surface area contributed by atoms with Gasteiger partial charge in [0.25, 0.3) is 10.0 Å². The van der Waals surface area contributed by atoms with Crippen molar-refractivity contribution in [1.82, 2.24) is 24.5 Å². The molecule has 13 heteroatoms. The van der Waals surface area contributed by atoms with E-state index in [0.29, 0.717) is 28.4 Å². The van der Waals surface area contributed by atoms with Crippen LogP contribution in [0.2, 0.25) is 0 Å². The molecule has 5 rings (SSSR count). The number of anilines is 1. The zero-order valence-corrected chi connectivity index (χ0v) is 21.7. The van der Waals surface area contributed by atoms with E-state index in [1.165, 1.54) is 47.3 Å². The molecule has 0 amide bonds. The second-order valence-corrected chi connectivity index (χ2v) is 10.7. The second-order valence-electron chi connectivity index (χ2n) is 8.98. The third kappa shape index (κ3) is 5.18. The first-order valence-electron chi connectivity index (χ1n) is 11.8. The molecule has 0 saturated heterocycles. The maximum Gasteiger partial charge on any atom is 0.261 e. The highest BCUT2D eigenvalue weighted by molar-refractivity contribution is 7.92. The standard InChI is InChI=1S/C26H24F2N6O4S/c1-17(26(35,14-33-16-29-15-30-33)23-9-3-19(27)12-24(23)28)34-13-18-11-20(4-10-25(18)31-34)32-39(36,37)22-7-5-21(38-2)6-8-22/h3-13,15-17,32,35H,14H2,1-2H3/t17-,26-/m1/s1. The van der Waals surface area contributed by atoms with E-state index in [9.17, 15) is 22.3 Å². The monoisotopic (exact) mass is 554 g/mol.